The lowest BCUT2D eigenvalue weighted by Crippen LogP contribution is -2.22. The SMILES string of the molecule is NCc1ccc(Br)cc1N1CCC(CO)C1. The van der Waals surface area contributed by atoms with E-state index in [-0.39, 0.29) is 6.61 Å². The molecule has 0 saturated carbocycles. The monoisotopic (exact) mass is 284 g/mol. The number of anilines is 1. The minimum atomic E-state index is 0.280. The second-order valence-electron chi connectivity index (χ2n) is 4.26. The molecule has 1 aromatic rings. The van der Waals surface area contributed by atoms with Gasteiger partial charge in [0.1, 0.15) is 0 Å². The minimum Gasteiger partial charge on any atom is -0.396 e. The van der Waals surface area contributed by atoms with E-state index in [0.29, 0.717) is 12.5 Å². The van der Waals surface area contributed by atoms with Crippen molar-refractivity contribution in [3.8, 4) is 0 Å². The smallest absolute Gasteiger partial charge is 0.0476 e. The molecule has 3 N–H and O–H groups in total. The fraction of sp³-hybridized carbons (Fsp3) is 0.500. The highest BCUT2D eigenvalue weighted by Gasteiger charge is 2.23. The van der Waals surface area contributed by atoms with E-state index in [1.165, 1.54) is 11.3 Å². The van der Waals surface area contributed by atoms with Crippen molar-refractivity contribution in [3.05, 3.63) is 28.2 Å². The average Bonchev–Trinajstić information content (AvgIpc) is 2.77. The minimum absolute atomic E-state index is 0.280. The third-order valence-electron chi connectivity index (χ3n) is 3.15. The molecule has 1 heterocycles. The number of nitrogens with two attached hydrogens (primary N) is 1. The molecule has 0 spiro atoms. The van der Waals surface area contributed by atoms with Crippen LogP contribution in [0.2, 0.25) is 0 Å². The molecule has 0 aliphatic carbocycles. The number of nitrogens with zero attached hydrogens (tertiary/aromatic N) is 1. The summed E-state index contributed by atoms with van der Waals surface area (Å²) in [6.07, 6.45) is 1.06. The van der Waals surface area contributed by atoms with Gasteiger partial charge in [0.2, 0.25) is 0 Å². The molecule has 1 saturated heterocycles. The number of hydrogen-bond acceptors (Lipinski definition) is 3. The zero-order chi connectivity index (χ0) is 11.5. The van der Waals surface area contributed by atoms with Crippen LogP contribution in [0.15, 0.2) is 22.7 Å². The van der Waals surface area contributed by atoms with Gasteiger partial charge in [-0.2, -0.15) is 0 Å². The summed E-state index contributed by atoms with van der Waals surface area (Å²) in [6, 6.07) is 6.19. The van der Waals surface area contributed by atoms with Gasteiger partial charge in [0.25, 0.3) is 0 Å². The summed E-state index contributed by atoms with van der Waals surface area (Å²) in [4.78, 5) is 2.31. The number of hydrogen-bond donors (Lipinski definition) is 2. The fourth-order valence-electron chi connectivity index (χ4n) is 2.20. The van der Waals surface area contributed by atoms with Gasteiger partial charge in [0.05, 0.1) is 0 Å². The summed E-state index contributed by atoms with van der Waals surface area (Å²) in [5, 5.41) is 9.15. The zero-order valence-corrected chi connectivity index (χ0v) is 10.8. The summed E-state index contributed by atoms with van der Waals surface area (Å²) in [7, 11) is 0. The molecule has 0 radical (unpaired) electrons. The maximum absolute atomic E-state index is 9.15. The number of aliphatic hydroxyl groups excluding tert-OH is 1. The highest BCUT2D eigenvalue weighted by Crippen LogP contribution is 2.29. The molecule has 88 valence electrons. The molecule has 1 aliphatic heterocycles. The molecule has 0 bridgehead atoms. The Labute approximate surface area is 104 Å². The predicted molar refractivity (Wildman–Crippen MR) is 69.4 cm³/mol. The number of benzene rings is 1. The van der Waals surface area contributed by atoms with E-state index in [0.717, 1.165) is 24.0 Å². The van der Waals surface area contributed by atoms with Gasteiger partial charge in [-0.15, -0.1) is 0 Å². The van der Waals surface area contributed by atoms with Crippen molar-refractivity contribution in [1.29, 1.82) is 0 Å². The Hall–Kier alpha value is -0.580. The Morgan fingerprint density at radius 2 is 2.31 bits per heavy atom. The number of halogens is 1. The van der Waals surface area contributed by atoms with E-state index in [2.05, 4.69) is 33.0 Å². The van der Waals surface area contributed by atoms with Gasteiger partial charge in [-0.05, 0) is 24.1 Å². The van der Waals surface area contributed by atoms with Crippen LogP contribution in [-0.4, -0.2) is 24.8 Å². The van der Waals surface area contributed by atoms with Crippen molar-refractivity contribution in [2.75, 3.05) is 24.6 Å². The first-order chi connectivity index (χ1) is 7.74. The fourth-order valence-corrected chi connectivity index (χ4v) is 2.55. The Balaban J connectivity index is 2.22. The van der Waals surface area contributed by atoms with Gasteiger partial charge in [-0.3, -0.25) is 0 Å². The molecule has 3 nitrogen and oxygen atoms in total. The van der Waals surface area contributed by atoms with E-state index in [4.69, 9.17) is 10.8 Å². The Morgan fingerprint density at radius 3 is 2.94 bits per heavy atom. The normalized spacial score (nSPS) is 20.4. The molecule has 1 atom stereocenters. The van der Waals surface area contributed by atoms with E-state index >= 15 is 0 Å². The van der Waals surface area contributed by atoms with E-state index in [1.54, 1.807) is 0 Å². The first-order valence-electron chi connectivity index (χ1n) is 5.59. The van der Waals surface area contributed by atoms with E-state index in [1.807, 2.05) is 6.07 Å². The Morgan fingerprint density at radius 1 is 1.50 bits per heavy atom. The van der Waals surface area contributed by atoms with Crippen LogP contribution in [0.25, 0.3) is 0 Å². The second-order valence-corrected chi connectivity index (χ2v) is 5.18. The third kappa shape index (κ3) is 2.39. The van der Waals surface area contributed by atoms with Crippen molar-refractivity contribution < 1.29 is 5.11 Å². The molecule has 1 aromatic carbocycles. The van der Waals surface area contributed by atoms with Crippen LogP contribution < -0.4 is 10.6 Å². The summed E-state index contributed by atoms with van der Waals surface area (Å²) >= 11 is 3.49. The first-order valence-corrected chi connectivity index (χ1v) is 6.38. The number of aliphatic hydroxyl groups is 1. The predicted octanol–water partition coefficient (Wildman–Crippen LogP) is 1.73. The van der Waals surface area contributed by atoms with Crippen LogP contribution >= 0.6 is 15.9 Å². The van der Waals surface area contributed by atoms with Crippen molar-refractivity contribution in [1.82, 2.24) is 0 Å². The quantitative estimate of drug-likeness (QED) is 0.889. The molecule has 16 heavy (non-hydrogen) atoms. The van der Waals surface area contributed by atoms with Crippen LogP contribution in [-0.2, 0) is 6.54 Å². The third-order valence-corrected chi connectivity index (χ3v) is 3.65. The second kappa shape index (κ2) is 5.17. The Kier molecular flexibility index (Phi) is 3.84. The molecule has 0 amide bonds. The van der Waals surface area contributed by atoms with Gasteiger partial charge in [0.15, 0.2) is 0 Å². The molecular formula is C12H17BrN2O. The van der Waals surface area contributed by atoms with Crippen molar-refractivity contribution in [2.45, 2.75) is 13.0 Å². The molecule has 1 unspecified atom stereocenters. The number of rotatable bonds is 3. The zero-order valence-electron chi connectivity index (χ0n) is 9.19. The topological polar surface area (TPSA) is 49.5 Å². The molecular weight excluding hydrogens is 268 g/mol. The highest BCUT2D eigenvalue weighted by atomic mass is 79.9. The standard InChI is InChI=1S/C12H17BrN2O/c13-11-2-1-10(6-14)12(5-11)15-4-3-9(7-15)8-16/h1-2,5,9,16H,3-4,6-8,14H2. The molecule has 1 aliphatic rings. The van der Waals surface area contributed by atoms with Crippen molar-refractivity contribution >= 4 is 21.6 Å². The molecule has 1 fully saturated rings. The van der Waals surface area contributed by atoms with Gasteiger partial charge >= 0.3 is 0 Å². The van der Waals surface area contributed by atoms with Crippen LogP contribution in [0.3, 0.4) is 0 Å². The van der Waals surface area contributed by atoms with E-state index in [9.17, 15) is 0 Å². The highest BCUT2D eigenvalue weighted by molar-refractivity contribution is 9.10. The van der Waals surface area contributed by atoms with Crippen LogP contribution in [0.4, 0.5) is 5.69 Å². The molecule has 4 heteroatoms. The first kappa shape index (κ1) is 11.9. The summed E-state index contributed by atoms with van der Waals surface area (Å²) in [5.74, 6) is 0.407. The maximum Gasteiger partial charge on any atom is 0.0476 e. The lowest BCUT2D eigenvalue weighted by Gasteiger charge is -2.22. The average molecular weight is 285 g/mol. The van der Waals surface area contributed by atoms with Crippen LogP contribution in [0.5, 0.6) is 0 Å². The van der Waals surface area contributed by atoms with Crippen LogP contribution in [0, 0.1) is 5.92 Å². The van der Waals surface area contributed by atoms with Gasteiger partial charge in [0, 0.05) is 42.3 Å². The van der Waals surface area contributed by atoms with Crippen LogP contribution in [0.1, 0.15) is 12.0 Å². The Bertz CT molecular complexity index is 370. The van der Waals surface area contributed by atoms with Crippen molar-refractivity contribution in [3.63, 3.8) is 0 Å². The summed E-state index contributed by atoms with van der Waals surface area (Å²) in [6.45, 7) is 2.78. The lowest BCUT2D eigenvalue weighted by molar-refractivity contribution is 0.238. The maximum atomic E-state index is 9.15. The lowest BCUT2D eigenvalue weighted by atomic mass is 10.1. The van der Waals surface area contributed by atoms with Gasteiger partial charge in [-0.1, -0.05) is 22.0 Å². The largest absolute Gasteiger partial charge is 0.396 e. The summed E-state index contributed by atoms with van der Waals surface area (Å²) < 4.78 is 1.08. The van der Waals surface area contributed by atoms with E-state index < -0.39 is 0 Å². The molecule has 2 rings (SSSR count). The van der Waals surface area contributed by atoms with Gasteiger partial charge < -0.3 is 15.7 Å². The van der Waals surface area contributed by atoms with Crippen molar-refractivity contribution in [2.24, 2.45) is 11.7 Å². The van der Waals surface area contributed by atoms with Gasteiger partial charge in [-0.25, -0.2) is 0 Å². The summed E-state index contributed by atoms with van der Waals surface area (Å²) in [5.41, 5.74) is 8.11. The molecule has 0 aromatic heterocycles.